The summed E-state index contributed by atoms with van der Waals surface area (Å²) in [6.45, 7) is 0. The van der Waals surface area contributed by atoms with E-state index in [9.17, 15) is 4.11 Å². The standard InChI is InChI=1S/C51H34N4/c1-4-14-35(15-5-1)37-26-28-38(29-27-37)49-52-50(42-20-12-18-39(32-42)36-16-6-2-7-17-36)54-51(53-49)43-21-13-19-40(33-43)41-30-31-46-45-24-10-11-25-47(45)55(48(46)34-41)44-22-8-3-9-23-44/h1-34H/i3D,8D,9D,10D,11D,22D,23D,24D,25D,30D,31D,34D. The molecule has 0 aliphatic rings. The Morgan fingerprint density at radius 3 is 1.47 bits per heavy atom. The molecule has 2 heterocycles. The van der Waals surface area contributed by atoms with Crippen LogP contribution < -0.4 is 0 Å². The van der Waals surface area contributed by atoms with Crippen LogP contribution in [0.15, 0.2) is 206 Å². The summed E-state index contributed by atoms with van der Waals surface area (Å²) < 4.78 is 108. The molecule has 0 atom stereocenters. The van der Waals surface area contributed by atoms with Crippen LogP contribution in [0.4, 0.5) is 0 Å². The first kappa shape index (κ1) is 21.9. The predicted molar refractivity (Wildman–Crippen MR) is 227 cm³/mol. The molecule has 258 valence electrons. The summed E-state index contributed by atoms with van der Waals surface area (Å²) in [4.78, 5) is 14.9. The van der Waals surface area contributed by atoms with Gasteiger partial charge >= 0.3 is 0 Å². The van der Waals surface area contributed by atoms with Gasteiger partial charge in [0.1, 0.15) is 0 Å². The molecule has 0 aliphatic carbocycles. The van der Waals surface area contributed by atoms with Gasteiger partial charge in [0.05, 0.1) is 27.5 Å². The zero-order valence-corrected chi connectivity index (χ0v) is 29.0. The van der Waals surface area contributed by atoms with Crippen molar-refractivity contribution in [2.45, 2.75) is 0 Å². The second-order valence-electron chi connectivity index (χ2n) is 12.8. The smallest absolute Gasteiger partial charge is 0.164 e. The Morgan fingerprint density at radius 2 is 0.818 bits per heavy atom. The lowest BCUT2D eigenvalue weighted by atomic mass is 10.0. The first-order valence-electron chi connectivity index (χ1n) is 23.5. The quantitative estimate of drug-likeness (QED) is 0.165. The summed E-state index contributed by atoms with van der Waals surface area (Å²) >= 11 is 0. The SMILES string of the molecule is [2H]c1c([2H])c([2H])c(-n2c3c([2H])c([2H])c([2H])c([2H])c3c3c([2H])c([2H])c(-c4cccc(-c5nc(-c6ccc(-c7ccccc7)cc6)nc(-c6cccc(-c7ccccc7)c6)n5)c4)c([2H])c32)c([2H])c1[2H]. The predicted octanol–water partition coefficient (Wildman–Crippen LogP) is 13.0. The van der Waals surface area contributed by atoms with E-state index in [1.807, 2.05) is 109 Å². The van der Waals surface area contributed by atoms with Gasteiger partial charge in [-0.1, -0.05) is 170 Å². The molecule has 4 nitrogen and oxygen atoms in total. The fourth-order valence-corrected chi connectivity index (χ4v) is 6.72. The van der Waals surface area contributed by atoms with Crippen molar-refractivity contribution in [3.63, 3.8) is 0 Å². The molecule has 0 fully saturated rings. The molecule has 0 saturated carbocycles. The first-order valence-corrected chi connectivity index (χ1v) is 17.5. The molecule has 2 aromatic heterocycles. The third-order valence-corrected chi connectivity index (χ3v) is 9.39. The maximum atomic E-state index is 9.78. The van der Waals surface area contributed by atoms with Gasteiger partial charge in [0.2, 0.25) is 0 Å². The highest BCUT2D eigenvalue weighted by atomic mass is 15.0. The van der Waals surface area contributed by atoms with E-state index in [2.05, 4.69) is 0 Å². The maximum absolute atomic E-state index is 9.78. The monoisotopic (exact) mass is 714 g/mol. The van der Waals surface area contributed by atoms with Crippen LogP contribution in [0.5, 0.6) is 0 Å². The Bertz CT molecular complexity index is 3630. The summed E-state index contributed by atoms with van der Waals surface area (Å²) in [5.74, 6) is 1.03. The molecule has 55 heavy (non-hydrogen) atoms. The summed E-state index contributed by atoms with van der Waals surface area (Å²) in [7, 11) is 0. The van der Waals surface area contributed by atoms with E-state index in [-0.39, 0.29) is 38.8 Å². The molecule has 0 radical (unpaired) electrons. The average Bonchev–Trinajstić information content (AvgIpc) is 3.72. The van der Waals surface area contributed by atoms with Crippen molar-refractivity contribution in [1.29, 1.82) is 0 Å². The van der Waals surface area contributed by atoms with Gasteiger partial charge in [-0.05, 0) is 69.7 Å². The summed E-state index contributed by atoms with van der Waals surface area (Å²) in [5.41, 5.74) is 5.14. The number of fused-ring (bicyclic) bond motifs is 3. The minimum Gasteiger partial charge on any atom is -0.309 e. The Hall–Kier alpha value is -7.43. The highest BCUT2D eigenvalue weighted by Crippen LogP contribution is 2.36. The van der Waals surface area contributed by atoms with Crippen molar-refractivity contribution < 1.29 is 16.4 Å². The molecule has 10 rings (SSSR count). The largest absolute Gasteiger partial charge is 0.309 e. The lowest BCUT2D eigenvalue weighted by Gasteiger charge is -2.11. The molecule has 0 bridgehead atoms. The molecule has 0 N–H and O–H groups in total. The third kappa shape index (κ3) is 6.16. The number of rotatable bonds is 7. The number of nitrogens with zero attached hydrogens (tertiary/aromatic N) is 4. The highest BCUT2D eigenvalue weighted by molar-refractivity contribution is 6.10. The second-order valence-corrected chi connectivity index (χ2v) is 12.8. The molecule has 0 amide bonds. The number of aromatic nitrogens is 4. The number of para-hydroxylation sites is 2. The van der Waals surface area contributed by atoms with Crippen molar-refractivity contribution in [2.24, 2.45) is 0 Å². The number of benzene rings is 8. The van der Waals surface area contributed by atoms with E-state index >= 15 is 0 Å². The van der Waals surface area contributed by atoms with Crippen LogP contribution in [0.3, 0.4) is 0 Å². The Morgan fingerprint density at radius 1 is 0.345 bits per heavy atom. The van der Waals surface area contributed by atoms with E-state index in [1.54, 1.807) is 24.3 Å². The Balaban J connectivity index is 1.20. The van der Waals surface area contributed by atoms with Crippen LogP contribution in [0, 0.1) is 0 Å². The number of hydrogen-bond acceptors (Lipinski definition) is 3. The van der Waals surface area contributed by atoms with Crippen LogP contribution in [0.25, 0.3) is 95.0 Å². The van der Waals surface area contributed by atoms with Crippen molar-refractivity contribution in [2.75, 3.05) is 0 Å². The van der Waals surface area contributed by atoms with Crippen molar-refractivity contribution >= 4 is 21.8 Å². The van der Waals surface area contributed by atoms with E-state index < -0.39 is 78.2 Å². The fraction of sp³-hybridized carbons (Fsp3) is 0. The minimum atomic E-state index is -0.704. The van der Waals surface area contributed by atoms with Gasteiger partial charge in [0.25, 0.3) is 0 Å². The van der Waals surface area contributed by atoms with Gasteiger partial charge in [-0.3, -0.25) is 0 Å². The third-order valence-electron chi connectivity index (χ3n) is 9.39. The van der Waals surface area contributed by atoms with Crippen LogP contribution in [0.2, 0.25) is 0 Å². The average molecular weight is 715 g/mol. The summed E-state index contributed by atoms with van der Waals surface area (Å²) in [6.07, 6.45) is 0. The molecule has 8 aromatic carbocycles. The van der Waals surface area contributed by atoms with E-state index in [1.165, 1.54) is 0 Å². The van der Waals surface area contributed by atoms with Crippen LogP contribution in [-0.2, 0) is 0 Å². The molecule has 0 unspecified atom stereocenters. The molecular weight excluding hydrogens is 669 g/mol. The van der Waals surface area contributed by atoms with Crippen molar-refractivity contribution in [3.8, 4) is 73.2 Å². The lowest BCUT2D eigenvalue weighted by molar-refractivity contribution is 1.07. The van der Waals surface area contributed by atoms with Crippen LogP contribution in [-0.4, -0.2) is 19.5 Å². The minimum absolute atomic E-state index is 0.0763. The Kier molecular flexibility index (Phi) is 5.52. The van der Waals surface area contributed by atoms with Gasteiger partial charge in [-0.2, -0.15) is 0 Å². The topological polar surface area (TPSA) is 43.6 Å². The van der Waals surface area contributed by atoms with Gasteiger partial charge in [-0.25, -0.2) is 15.0 Å². The van der Waals surface area contributed by atoms with E-state index in [0.29, 0.717) is 17.2 Å². The van der Waals surface area contributed by atoms with Gasteiger partial charge in [0, 0.05) is 33.2 Å². The highest BCUT2D eigenvalue weighted by Gasteiger charge is 2.16. The first-order chi connectivity index (χ1) is 32.2. The van der Waals surface area contributed by atoms with Gasteiger partial charge in [-0.15, -0.1) is 0 Å². The lowest BCUT2D eigenvalue weighted by Crippen LogP contribution is -2.00. The summed E-state index contributed by atoms with van der Waals surface area (Å²) in [6, 6.07) is 35.1. The molecule has 4 heteroatoms. The molecule has 10 aromatic rings. The normalized spacial score (nSPS) is 14.3. The maximum Gasteiger partial charge on any atom is 0.164 e. The van der Waals surface area contributed by atoms with Gasteiger partial charge < -0.3 is 4.57 Å². The molecule has 0 aliphatic heterocycles. The van der Waals surface area contributed by atoms with Crippen molar-refractivity contribution in [1.82, 2.24) is 19.5 Å². The second kappa shape index (κ2) is 13.8. The zero-order chi connectivity index (χ0) is 47.0. The fourth-order valence-electron chi connectivity index (χ4n) is 6.72. The zero-order valence-electron chi connectivity index (χ0n) is 41.0. The van der Waals surface area contributed by atoms with Crippen LogP contribution in [0.1, 0.15) is 16.4 Å². The van der Waals surface area contributed by atoms with Crippen LogP contribution >= 0.6 is 0 Å². The summed E-state index contributed by atoms with van der Waals surface area (Å²) in [5, 5.41) is -0.426. The molecule has 0 saturated heterocycles. The van der Waals surface area contributed by atoms with Gasteiger partial charge in [0.15, 0.2) is 17.5 Å². The van der Waals surface area contributed by atoms with E-state index in [0.717, 1.165) is 37.9 Å². The number of hydrogen-bond donors (Lipinski definition) is 0. The van der Waals surface area contributed by atoms with Crippen molar-refractivity contribution in [3.05, 3.63) is 206 Å². The molecule has 0 spiro atoms. The molecular formula is C51H34N4. The Labute approximate surface area is 336 Å². The van der Waals surface area contributed by atoms with E-state index in [4.69, 9.17) is 27.3 Å².